The molecule has 0 radical (unpaired) electrons. The molecule has 2 heterocycles. The summed E-state index contributed by atoms with van der Waals surface area (Å²) in [6.07, 6.45) is 0. The van der Waals surface area contributed by atoms with E-state index in [9.17, 15) is 10.1 Å². The summed E-state index contributed by atoms with van der Waals surface area (Å²) in [4.78, 5) is 13.2. The van der Waals surface area contributed by atoms with Crippen molar-refractivity contribution >= 4 is 22.3 Å². The molecule has 19 heavy (non-hydrogen) atoms. The van der Waals surface area contributed by atoms with E-state index in [4.69, 9.17) is 10.5 Å². The molecule has 0 fully saturated rings. The summed E-state index contributed by atoms with van der Waals surface area (Å²) in [7, 11) is 0. The number of hydrogen-bond donors (Lipinski definition) is 2. The van der Waals surface area contributed by atoms with Crippen LogP contribution < -0.4 is 11.1 Å². The molecule has 1 aromatic heterocycles. The number of nitrogens with zero attached hydrogens (tertiary/aromatic N) is 1. The number of fused-ring (bicyclic) bond motifs is 1. The molecule has 3 N–H and O–H groups in total. The standard InChI is InChI=1S/C13H17N3O2S/c1-13(2,3)18-12(17)8-5-16-6-9-10(8)7(4-14)11(15)19-9/h8,16H,5-6,15H2,1-3H3. The van der Waals surface area contributed by atoms with Gasteiger partial charge in [0, 0.05) is 23.5 Å². The van der Waals surface area contributed by atoms with Crippen molar-refractivity contribution in [1.82, 2.24) is 5.32 Å². The van der Waals surface area contributed by atoms with Crippen LogP contribution in [0.5, 0.6) is 0 Å². The molecule has 1 aliphatic rings. The van der Waals surface area contributed by atoms with Crippen LogP contribution in [-0.2, 0) is 16.1 Å². The molecule has 102 valence electrons. The number of hydrogen-bond acceptors (Lipinski definition) is 6. The minimum absolute atomic E-state index is 0.310. The second kappa shape index (κ2) is 4.83. The van der Waals surface area contributed by atoms with E-state index in [-0.39, 0.29) is 5.97 Å². The minimum Gasteiger partial charge on any atom is -0.459 e. The molecular weight excluding hydrogens is 262 g/mol. The third-order valence-electron chi connectivity index (χ3n) is 2.83. The quantitative estimate of drug-likeness (QED) is 0.764. The normalized spacial score (nSPS) is 18.5. The van der Waals surface area contributed by atoms with Gasteiger partial charge >= 0.3 is 5.97 Å². The summed E-state index contributed by atoms with van der Waals surface area (Å²) in [5.74, 6) is -0.763. The van der Waals surface area contributed by atoms with Crippen LogP contribution in [0.1, 0.15) is 42.7 Å². The molecule has 0 aliphatic carbocycles. The minimum atomic E-state index is -0.539. The zero-order valence-corrected chi connectivity index (χ0v) is 12.1. The highest BCUT2D eigenvalue weighted by Crippen LogP contribution is 2.38. The number of esters is 1. The highest BCUT2D eigenvalue weighted by Gasteiger charge is 2.34. The van der Waals surface area contributed by atoms with Crippen LogP contribution in [0.3, 0.4) is 0 Å². The first-order valence-electron chi connectivity index (χ1n) is 6.08. The summed E-state index contributed by atoms with van der Waals surface area (Å²) >= 11 is 1.37. The van der Waals surface area contributed by atoms with Crippen LogP contribution in [0, 0.1) is 11.3 Å². The summed E-state index contributed by atoms with van der Waals surface area (Å²) in [6, 6.07) is 2.10. The smallest absolute Gasteiger partial charge is 0.315 e. The fourth-order valence-electron chi connectivity index (χ4n) is 2.13. The van der Waals surface area contributed by atoms with Gasteiger partial charge in [0.15, 0.2) is 0 Å². The number of rotatable bonds is 1. The maximum Gasteiger partial charge on any atom is 0.315 e. The number of carbonyl (C=O) groups excluding carboxylic acids is 1. The van der Waals surface area contributed by atoms with Gasteiger partial charge in [-0.15, -0.1) is 11.3 Å². The molecule has 5 nitrogen and oxygen atoms in total. The Kier molecular flexibility index (Phi) is 3.52. The van der Waals surface area contributed by atoms with Gasteiger partial charge in [-0.3, -0.25) is 4.79 Å². The zero-order chi connectivity index (χ0) is 14.2. The van der Waals surface area contributed by atoms with Crippen molar-refractivity contribution in [3.63, 3.8) is 0 Å². The number of nitrogens with two attached hydrogens (primary N) is 1. The lowest BCUT2D eigenvalue weighted by atomic mass is 9.92. The maximum atomic E-state index is 12.2. The van der Waals surface area contributed by atoms with E-state index in [1.165, 1.54) is 11.3 Å². The second-order valence-corrected chi connectivity index (χ2v) is 6.64. The Morgan fingerprint density at radius 2 is 2.26 bits per heavy atom. The van der Waals surface area contributed by atoms with E-state index in [1.54, 1.807) is 0 Å². The highest BCUT2D eigenvalue weighted by atomic mass is 32.1. The molecule has 2 rings (SSSR count). The van der Waals surface area contributed by atoms with Gasteiger partial charge in [-0.2, -0.15) is 5.26 Å². The molecule has 0 spiro atoms. The van der Waals surface area contributed by atoms with E-state index < -0.39 is 11.5 Å². The first kappa shape index (κ1) is 13.8. The molecule has 0 aromatic carbocycles. The van der Waals surface area contributed by atoms with Gasteiger partial charge in [-0.25, -0.2) is 0 Å². The fraction of sp³-hybridized carbons (Fsp3) is 0.538. The number of nitrogens with one attached hydrogen (secondary N) is 1. The molecule has 0 bridgehead atoms. The third-order valence-corrected chi connectivity index (χ3v) is 3.87. The summed E-state index contributed by atoms with van der Waals surface area (Å²) in [5, 5.41) is 12.8. The predicted octanol–water partition coefficient (Wildman–Crippen LogP) is 1.73. The molecule has 6 heteroatoms. The van der Waals surface area contributed by atoms with Gasteiger partial charge in [0.1, 0.15) is 16.7 Å². The average Bonchev–Trinajstić information content (AvgIpc) is 2.61. The SMILES string of the molecule is CC(C)(C)OC(=O)C1CNCc2sc(N)c(C#N)c21. The molecule has 1 unspecified atom stereocenters. The van der Waals surface area contributed by atoms with Crippen molar-refractivity contribution in [3.05, 3.63) is 16.0 Å². The maximum absolute atomic E-state index is 12.2. The van der Waals surface area contributed by atoms with Crippen molar-refractivity contribution in [3.8, 4) is 6.07 Å². The van der Waals surface area contributed by atoms with Crippen molar-refractivity contribution in [1.29, 1.82) is 5.26 Å². The molecule has 0 saturated heterocycles. The summed E-state index contributed by atoms with van der Waals surface area (Å²) < 4.78 is 5.42. The molecule has 1 aliphatic heterocycles. The van der Waals surface area contributed by atoms with Crippen LogP contribution in [0.15, 0.2) is 0 Å². The van der Waals surface area contributed by atoms with Gasteiger partial charge in [0.25, 0.3) is 0 Å². The van der Waals surface area contributed by atoms with Gasteiger partial charge in [-0.1, -0.05) is 0 Å². The van der Waals surface area contributed by atoms with Gasteiger partial charge in [0.05, 0.1) is 11.5 Å². The van der Waals surface area contributed by atoms with Crippen molar-refractivity contribution < 1.29 is 9.53 Å². The van der Waals surface area contributed by atoms with Gasteiger partial charge in [-0.05, 0) is 20.8 Å². The average molecular weight is 279 g/mol. The second-order valence-electron chi connectivity index (χ2n) is 5.51. The first-order chi connectivity index (χ1) is 8.83. The van der Waals surface area contributed by atoms with Crippen molar-refractivity contribution in [2.75, 3.05) is 12.3 Å². The molecule has 1 aromatic rings. The van der Waals surface area contributed by atoms with Gasteiger partial charge in [0.2, 0.25) is 0 Å². The van der Waals surface area contributed by atoms with E-state index in [0.717, 1.165) is 10.4 Å². The van der Waals surface area contributed by atoms with Crippen molar-refractivity contribution in [2.45, 2.75) is 38.8 Å². The third kappa shape index (κ3) is 2.72. The van der Waals surface area contributed by atoms with Crippen LogP contribution in [-0.4, -0.2) is 18.1 Å². The molecule has 0 amide bonds. The Bertz CT molecular complexity index is 551. The Morgan fingerprint density at radius 3 is 2.84 bits per heavy atom. The Labute approximate surface area is 116 Å². The summed E-state index contributed by atoms with van der Waals surface area (Å²) in [5.41, 5.74) is 6.47. The zero-order valence-electron chi connectivity index (χ0n) is 11.2. The lowest BCUT2D eigenvalue weighted by molar-refractivity contribution is -0.156. The van der Waals surface area contributed by atoms with Gasteiger partial charge < -0.3 is 15.8 Å². The molecular formula is C13H17N3O2S. The first-order valence-corrected chi connectivity index (χ1v) is 6.90. The number of carbonyl (C=O) groups is 1. The number of thiophene rings is 1. The van der Waals surface area contributed by atoms with E-state index >= 15 is 0 Å². The Morgan fingerprint density at radius 1 is 1.58 bits per heavy atom. The number of nitriles is 1. The summed E-state index contributed by atoms with van der Waals surface area (Å²) in [6.45, 7) is 6.61. The Hall–Kier alpha value is -1.58. The van der Waals surface area contributed by atoms with Crippen LogP contribution in [0.4, 0.5) is 5.00 Å². The van der Waals surface area contributed by atoms with Crippen LogP contribution >= 0.6 is 11.3 Å². The number of nitrogen functional groups attached to an aromatic ring is 1. The van der Waals surface area contributed by atoms with Crippen LogP contribution in [0.25, 0.3) is 0 Å². The lowest BCUT2D eigenvalue weighted by Crippen LogP contribution is -2.36. The largest absolute Gasteiger partial charge is 0.459 e. The fourth-order valence-corrected chi connectivity index (χ4v) is 3.18. The molecule has 1 atom stereocenters. The molecule has 0 saturated carbocycles. The Balaban J connectivity index is 2.37. The lowest BCUT2D eigenvalue weighted by Gasteiger charge is -2.27. The predicted molar refractivity (Wildman–Crippen MR) is 73.7 cm³/mol. The number of anilines is 1. The highest BCUT2D eigenvalue weighted by molar-refractivity contribution is 7.16. The monoisotopic (exact) mass is 279 g/mol. The van der Waals surface area contributed by atoms with E-state index in [2.05, 4.69) is 11.4 Å². The topological polar surface area (TPSA) is 88.1 Å². The van der Waals surface area contributed by atoms with Crippen molar-refractivity contribution in [2.24, 2.45) is 0 Å². The van der Waals surface area contributed by atoms with Crippen LogP contribution in [0.2, 0.25) is 0 Å². The van der Waals surface area contributed by atoms with E-state index in [1.807, 2.05) is 20.8 Å². The number of ether oxygens (including phenoxy) is 1. The van der Waals surface area contributed by atoms with E-state index in [0.29, 0.717) is 23.7 Å².